The zero-order valence-electron chi connectivity index (χ0n) is 27.7. The topological polar surface area (TPSA) is 162 Å². The molecule has 1 aromatic heterocycles. The lowest BCUT2D eigenvalue weighted by Crippen LogP contribution is -2.34. The number of H-pyrrole nitrogens is 1. The number of hydrogen-bond donors (Lipinski definition) is 4. The Hall–Kier alpha value is -5.02. The van der Waals surface area contributed by atoms with Crippen LogP contribution in [0.5, 0.6) is 0 Å². The molecule has 0 unspecified atom stereocenters. The number of nitrogens with zero attached hydrogens (tertiary/aromatic N) is 2. The first-order chi connectivity index (χ1) is 23.6. The molecule has 2 heterocycles. The number of carbonyl (C=O) groups excluding carboxylic acids is 3. The fourth-order valence-corrected chi connectivity index (χ4v) is 5.93. The van der Waals surface area contributed by atoms with Gasteiger partial charge in [0.1, 0.15) is 12.1 Å². The second-order valence-corrected chi connectivity index (χ2v) is 12.7. The summed E-state index contributed by atoms with van der Waals surface area (Å²) in [5.41, 5.74) is 5.19. The summed E-state index contributed by atoms with van der Waals surface area (Å²) in [5, 5.41) is 13.8. The summed E-state index contributed by atoms with van der Waals surface area (Å²) in [4.78, 5) is 63.4. The summed E-state index contributed by atoms with van der Waals surface area (Å²) in [6.07, 6.45) is -2.06. The molecule has 3 aromatic carbocycles. The molecule has 15 heteroatoms. The van der Waals surface area contributed by atoms with Crippen molar-refractivity contribution in [3.05, 3.63) is 99.6 Å². The van der Waals surface area contributed by atoms with Crippen molar-refractivity contribution < 1.29 is 37.5 Å². The predicted octanol–water partition coefficient (Wildman–Crippen LogP) is 6.18. The molecule has 0 atom stereocenters. The maximum atomic E-state index is 12.4. The summed E-state index contributed by atoms with van der Waals surface area (Å²) in [5.74, 6) is -1.43. The monoisotopic (exact) mass is 713 g/mol. The Morgan fingerprint density at radius 1 is 0.960 bits per heavy atom. The number of aryl methyl sites for hydroxylation is 1. The van der Waals surface area contributed by atoms with Gasteiger partial charge in [-0.25, -0.2) is 9.78 Å². The van der Waals surface area contributed by atoms with Crippen LogP contribution < -0.4 is 16.2 Å². The van der Waals surface area contributed by atoms with Crippen LogP contribution in [0.1, 0.15) is 54.0 Å². The molecule has 0 radical (unpaired) electrons. The molecule has 5 rings (SSSR count). The van der Waals surface area contributed by atoms with Gasteiger partial charge in [-0.05, 0) is 86.4 Å². The van der Waals surface area contributed by atoms with E-state index in [4.69, 9.17) is 14.9 Å². The number of benzene rings is 3. The van der Waals surface area contributed by atoms with E-state index in [1.165, 1.54) is 19.4 Å². The van der Waals surface area contributed by atoms with Gasteiger partial charge in [0, 0.05) is 42.6 Å². The number of carboxylic acids is 1. The molecule has 4 N–H and O–H groups in total. The number of piperidine rings is 1. The van der Waals surface area contributed by atoms with E-state index in [0.29, 0.717) is 21.9 Å². The normalized spacial score (nSPS) is 13.2. The van der Waals surface area contributed by atoms with Gasteiger partial charge >= 0.3 is 12.1 Å². The molecule has 50 heavy (non-hydrogen) atoms. The number of carbonyl (C=O) groups is 4. The Balaban J connectivity index is 0.000000292. The molecule has 4 aromatic rings. The van der Waals surface area contributed by atoms with E-state index in [0.717, 1.165) is 67.1 Å². The zero-order valence-corrected chi connectivity index (χ0v) is 28.5. The van der Waals surface area contributed by atoms with Gasteiger partial charge in [0.2, 0.25) is 11.8 Å². The number of carboxylic acid groups (broad SMARTS) is 1. The third kappa shape index (κ3) is 13.1. The van der Waals surface area contributed by atoms with Crippen LogP contribution in [0.2, 0.25) is 0 Å². The van der Waals surface area contributed by atoms with Crippen molar-refractivity contribution in [3.63, 3.8) is 0 Å². The van der Waals surface area contributed by atoms with Gasteiger partial charge in [-0.2, -0.15) is 24.9 Å². The maximum absolute atomic E-state index is 12.4. The van der Waals surface area contributed by atoms with Crippen LogP contribution in [0.25, 0.3) is 10.9 Å². The van der Waals surface area contributed by atoms with Crippen LogP contribution in [0.3, 0.4) is 0 Å². The third-order valence-electron chi connectivity index (χ3n) is 7.27. The number of rotatable bonds is 8. The lowest BCUT2D eigenvalue weighted by atomic mass is 10.1. The number of likely N-dealkylation sites (tertiary alicyclic amines) is 1. The van der Waals surface area contributed by atoms with Crippen LogP contribution in [-0.4, -0.2) is 68.6 Å². The minimum Gasteiger partial charge on any atom is -0.475 e. The molecule has 11 nitrogen and oxygen atoms in total. The standard InChI is InChI=1S/C24H28N4O2S.C9H9NO2.C2HF3O2/c1-16-4-3-5-21-23(16)26-22(27-24(21)30)15-31-20-10-12-28(13-11-20)14-18-6-8-19(9-7-18)25-17(2)29;1-7(12)10-9-4-2-8(6-11)3-5-9;3-2(4,5)1(6)7/h3-9,20H,10-15H2,1-2H3,(H,25,29)(H,26,27,30);2-6H,1H3,(H,10,12);(H,6,7). The number of para-hydroxylation sites is 1. The Morgan fingerprint density at radius 2 is 1.50 bits per heavy atom. The first kappa shape index (κ1) is 39.4. The largest absolute Gasteiger partial charge is 0.490 e. The van der Waals surface area contributed by atoms with Crippen molar-refractivity contribution in [2.75, 3.05) is 23.7 Å². The van der Waals surface area contributed by atoms with Gasteiger partial charge in [0.15, 0.2) is 0 Å². The van der Waals surface area contributed by atoms with Crippen molar-refractivity contribution >= 4 is 58.1 Å². The second-order valence-electron chi connectivity index (χ2n) is 11.4. The molecule has 1 saturated heterocycles. The first-order valence-electron chi connectivity index (χ1n) is 15.5. The number of halogens is 3. The number of aromatic nitrogens is 2. The second kappa shape index (κ2) is 18.7. The van der Waals surface area contributed by atoms with Crippen molar-refractivity contribution in [2.24, 2.45) is 0 Å². The molecule has 2 amide bonds. The lowest BCUT2D eigenvalue weighted by Gasteiger charge is -2.31. The molecule has 0 saturated carbocycles. The number of thioether (sulfide) groups is 1. The third-order valence-corrected chi connectivity index (χ3v) is 8.65. The van der Waals surface area contributed by atoms with E-state index in [2.05, 4.69) is 32.7 Å². The number of aldehydes is 1. The van der Waals surface area contributed by atoms with Gasteiger partial charge in [-0.1, -0.05) is 24.3 Å². The molecule has 1 aliphatic rings. The predicted molar refractivity (Wildman–Crippen MR) is 187 cm³/mol. The summed E-state index contributed by atoms with van der Waals surface area (Å²) < 4.78 is 31.7. The van der Waals surface area contributed by atoms with Crippen molar-refractivity contribution in [2.45, 2.75) is 57.3 Å². The minimum absolute atomic E-state index is 0.0505. The number of alkyl halides is 3. The number of aliphatic carboxylic acids is 1. The van der Waals surface area contributed by atoms with Gasteiger partial charge < -0.3 is 20.7 Å². The van der Waals surface area contributed by atoms with Gasteiger partial charge in [0.25, 0.3) is 5.56 Å². The Bertz CT molecular complexity index is 1820. The number of fused-ring (bicyclic) bond motifs is 1. The van der Waals surface area contributed by atoms with E-state index in [9.17, 15) is 32.3 Å². The van der Waals surface area contributed by atoms with Crippen molar-refractivity contribution in [3.8, 4) is 0 Å². The fraction of sp³-hybridized carbons (Fsp3) is 0.314. The molecule has 1 fully saturated rings. The van der Waals surface area contributed by atoms with Crippen LogP contribution in [0.4, 0.5) is 24.5 Å². The highest BCUT2D eigenvalue weighted by Gasteiger charge is 2.38. The lowest BCUT2D eigenvalue weighted by molar-refractivity contribution is -0.192. The van der Waals surface area contributed by atoms with Crippen LogP contribution in [0, 0.1) is 6.92 Å². The van der Waals surface area contributed by atoms with Gasteiger partial charge in [-0.15, -0.1) is 0 Å². The molecule has 0 spiro atoms. The van der Waals surface area contributed by atoms with Gasteiger partial charge in [0.05, 0.1) is 16.7 Å². The average molecular weight is 714 g/mol. The van der Waals surface area contributed by atoms with E-state index >= 15 is 0 Å². The van der Waals surface area contributed by atoms with E-state index < -0.39 is 12.1 Å². The molecule has 266 valence electrons. The van der Waals surface area contributed by atoms with E-state index in [1.807, 2.05) is 49.0 Å². The minimum atomic E-state index is -5.08. The smallest absolute Gasteiger partial charge is 0.475 e. The fourth-order valence-electron chi connectivity index (χ4n) is 4.85. The van der Waals surface area contributed by atoms with Crippen LogP contribution >= 0.6 is 11.8 Å². The highest BCUT2D eigenvalue weighted by atomic mass is 32.2. The van der Waals surface area contributed by atoms with Crippen molar-refractivity contribution in [1.29, 1.82) is 0 Å². The summed E-state index contributed by atoms with van der Waals surface area (Å²) in [6, 6.07) is 20.5. The maximum Gasteiger partial charge on any atom is 0.490 e. The van der Waals surface area contributed by atoms with Gasteiger partial charge in [-0.3, -0.25) is 24.1 Å². The first-order valence-corrected chi connectivity index (χ1v) is 16.5. The molecule has 0 aliphatic carbocycles. The van der Waals surface area contributed by atoms with E-state index in [1.54, 1.807) is 24.3 Å². The highest BCUT2D eigenvalue weighted by molar-refractivity contribution is 7.99. The number of amides is 2. The van der Waals surface area contributed by atoms with E-state index in [-0.39, 0.29) is 17.4 Å². The quantitative estimate of drug-likeness (QED) is 0.156. The zero-order chi connectivity index (χ0) is 36.8. The number of hydrogen-bond acceptors (Lipinski definition) is 8. The number of aromatic amines is 1. The highest BCUT2D eigenvalue weighted by Crippen LogP contribution is 2.27. The molecule has 0 bridgehead atoms. The Kier molecular flexibility index (Phi) is 14.7. The molecule has 1 aliphatic heterocycles. The van der Waals surface area contributed by atoms with Crippen molar-refractivity contribution in [1.82, 2.24) is 14.9 Å². The Labute approximate surface area is 290 Å². The molecular formula is C35H38F3N5O6S. The summed E-state index contributed by atoms with van der Waals surface area (Å²) in [6.45, 7) is 8.00. The summed E-state index contributed by atoms with van der Waals surface area (Å²) in [7, 11) is 0. The Morgan fingerprint density at radius 3 is 2.00 bits per heavy atom. The average Bonchev–Trinajstić information content (AvgIpc) is 3.06. The van der Waals surface area contributed by atoms with Crippen LogP contribution in [-0.2, 0) is 26.7 Å². The van der Waals surface area contributed by atoms with Crippen LogP contribution in [0.15, 0.2) is 71.5 Å². The summed E-state index contributed by atoms with van der Waals surface area (Å²) >= 11 is 1.89. The number of anilines is 2. The molecular weight excluding hydrogens is 675 g/mol. The SMILES string of the molecule is CC(=O)Nc1ccc(C=O)cc1.CC(=O)Nc1ccc(CN2CCC(SCc3nc4c(C)cccc4c(=O)[nH]3)CC2)cc1.O=C(O)C(F)(F)F. The number of nitrogens with one attached hydrogen (secondary N) is 3.